The van der Waals surface area contributed by atoms with E-state index in [4.69, 9.17) is 4.55 Å². The van der Waals surface area contributed by atoms with Gasteiger partial charge >= 0.3 is 0 Å². The van der Waals surface area contributed by atoms with E-state index in [1.165, 1.54) is 45.2 Å². The summed E-state index contributed by atoms with van der Waals surface area (Å²) in [5.41, 5.74) is 3.27. The molecule has 21 heavy (non-hydrogen) atoms. The molecule has 0 spiro atoms. The van der Waals surface area contributed by atoms with Gasteiger partial charge in [-0.05, 0) is 68.2 Å². The van der Waals surface area contributed by atoms with E-state index in [9.17, 15) is 8.42 Å². The lowest BCUT2D eigenvalue weighted by Gasteiger charge is -2.25. The van der Waals surface area contributed by atoms with Crippen molar-refractivity contribution in [3.05, 3.63) is 35.4 Å². The second-order valence-electron chi connectivity index (χ2n) is 6.10. The normalized spacial score (nSPS) is 22.3. The van der Waals surface area contributed by atoms with Crippen LogP contribution in [0, 0.1) is 5.92 Å². The third kappa shape index (κ3) is 5.77. The fraction of sp³-hybridized carbons (Fsp3) is 0.625. The van der Waals surface area contributed by atoms with Crippen molar-refractivity contribution in [1.82, 2.24) is 5.32 Å². The van der Waals surface area contributed by atoms with Gasteiger partial charge in [0, 0.05) is 0 Å². The Morgan fingerprint density at radius 1 is 1.19 bits per heavy atom. The summed E-state index contributed by atoms with van der Waals surface area (Å²) in [5, 5.41) is 3.46. The average Bonchev–Trinajstić information content (AvgIpc) is 2.82. The minimum Gasteiger partial charge on any atom is -0.317 e. The van der Waals surface area contributed by atoms with Gasteiger partial charge in [-0.25, -0.2) is 0 Å². The van der Waals surface area contributed by atoms with E-state index in [0.717, 1.165) is 11.8 Å². The van der Waals surface area contributed by atoms with Crippen molar-refractivity contribution >= 4 is 10.1 Å². The highest BCUT2D eigenvalue weighted by Gasteiger charge is 2.25. The highest BCUT2D eigenvalue weighted by molar-refractivity contribution is 7.85. The Morgan fingerprint density at radius 2 is 1.81 bits per heavy atom. The fourth-order valence-electron chi connectivity index (χ4n) is 3.41. The molecule has 1 unspecified atom stereocenters. The summed E-state index contributed by atoms with van der Waals surface area (Å²) in [4.78, 5) is 0. The Balaban J connectivity index is 0.000000282. The van der Waals surface area contributed by atoms with Crippen molar-refractivity contribution < 1.29 is 13.0 Å². The molecule has 0 aromatic heterocycles. The van der Waals surface area contributed by atoms with Crippen LogP contribution in [0.1, 0.15) is 42.7 Å². The molecule has 1 aliphatic heterocycles. The predicted octanol–water partition coefficient (Wildman–Crippen LogP) is 2.61. The van der Waals surface area contributed by atoms with Gasteiger partial charge in [-0.2, -0.15) is 8.42 Å². The Hall–Kier alpha value is -0.910. The molecule has 1 saturated heterocycles. The van der Waals surface area contributed by atoms with Crippen LogP contribution in [0.5, 0.6) is 0 Å². The molecule has 118 valence electrons. The lowest BCUT2D eigenvalue weighted by molar-refractivity contribution is 0.330. The summed E-state index contributed by atoms with van der Waals surface area (Å²) in [6.45, 7) is 2.47. The Kier molecular flexibility index (Phi) is 5.79. The van der Waals surface area contributed by atoms with Crippen molar-refractivity contribution in [2.24, 2.45) is 5.92 Å². The summed E-state index contributed by atoms with van der Waals surface area (Å²) in [5.74, 6) is 1.83. The van der Waals surface area contributed by atoms with Gasteiger partial charge in [0.2, 0.25) is 0 Å². The van der Waals surface area contributed by atoms with Crippen molar-refractivity contribution in [2.75, 3.05) is 19.3 Å². The van der Waals surface area contributed by atoms with Crippen molar-refractivity contribution in [2.45, 2.75) is 38.0 Å². The summed E-state index contributed by atoms with van der Waals surface area (Å²) in [7, 11) is -3.67. The molecule has 0 saturated carbocycles. The zero-order chi connectivity index (χ0) is 15.3. The minimum atomic E-state index is -3.67. The number of aryl methyl sites for hydroxylation is 1. The SMILES string of the molecule is CS(=O)(=O)O.c1ccc2c(c1)CCC2CC1CCNCC1. The first-order chi connectivity index (χ1) is 9.93. The van der Waals surface area contributed by atoms with E-state index in [2.05, 4.69) is 29.6 Å². The molecule has 3 rings (SSSR count). The van der Waals surface area contributed by atoms with E-state index in [1.54, 1.807) is 11.1 Å². The van der Waals surface area contributed by atoms with Crippen LogP contribution in [-0.4, -0.2) is 32.3 Å². The minimum absolute atomic E-state index is 0.715. The van der Waals surface area contributed by atoms with E-state index in [1.807, 2.05) is 0 Å². The molecule has 1 atom stereocenters. The molecule has 1 heterocycles. The zero-order valence-corrected chi connectivity index (χ0v) is 13.4. The second kappa shape index (κ2) is 7.38. The van der Waals surface area contributed by atoms with Crippen molar-refractivity contribution in [3.63, 3.8) is 0 Å². The number of fused-ring (bicyclic) bond motifs is 1. The lowest BCUT2D eigenvalue weighted by Crippen LogP contribution is -2.28. The summed E-state index contributed by atoms with van der Waals surface area (Å²) < 4.78 is 25.9. The maximum Gasteiger partial charge on any atom is 0.261 e. The maximum absolute atomic E-state index is 9.19. The zero-order valence-electron chi connectivity index (χ0n) is 12.6. The van der Waals surface area contributed by atoms with Crippen LogP contribution in [0.15, 0.2) is 24.3 Å². The van der Waals surface area contributed by atoms with E-state index < -0.39 is 10.1 Å². The van der Waals surface area contributed by atoms with Gasteiger partial charge in [-0.1, -0.05) is 24.3 Å². The number of hydrogen-bond donors (Lipinski definition) is 2. The first kappa shape index (κ1) is 16.5. The summed E-state index contributed by atoms with van der Waals surface area (Å²) >= 11 is 0. The third-order valence-corrected chi connectivity index (χ3v) is 4.33. The van der Waals surface area contributed by atoms with Gasteiger partial charge in [-0.3, -0.25) is 4.55 Å². The molecule has 0 bridgehead atoms. The largest absolute Gasteiger partial charge is 0.317 e. The first-order valence-corrected chi connectivity index (χ1v) is 9.49. The van der Waals surface area contributed by atoms with E-state index in [0.29, 0.717) is 6.26 Å². The predicted molar refractivity (Wildman–Crippen MR) is 85.2 cm³/mol. The number of nitrogens with one attached hydrogen (secondary N) is 1. The summed E-state index contributed by atoms with van der Waals surface area (Å²) in [6, 6.07) is 9.07. The molecule has 1 aliphatic carbocycles. The fourth-order valence-corrected chi connectivity index (χ4v) is 3.41. The molecule has 0 amide bonds. The van der Waals surface area contributed by atoms with Crippen LogP contribution in [0.4, 0.5) is 0 Å². The molecule has 0 radical (unpaired) electrons. The highest BCUT2D eigenvalue weighted by atomic mass is 32.2. The third-order valence-electron chi connectivity index (χ3n) is 4.33. The smallest absolute Gasteiger partial charge is 0.261 e. The number of hydrogen-bond acceptors (Lipinski definition) is 3. The monoisotopic (exact) mass is 311 g/mol. The molecular formula is C16H25NO3S. The van der Waals surface area contributed by atoms with Crippen LogP contribution in [0.2, 0.25) is 0 Å². The van der Waals surface area contributed by atoms with Crippen LogP contribution in [0.25, 0.3) is 0 Å². The molecule has 1 aromatic rings. The van der Waals surface area contributed by atoms with Gasteiger partial charge in [0.15, 0.2) is 0 Å². The topological polar surface area (TPSA) is 66.4 Å². The van der Waals surface area contributed by atoms with Gasteiger partial charge < -0.3 is 5.32 Å². The molecule has 4 nitrogen and oxygen atoms in total. The van der Waals surface area contributed by atoms with Crippen molar-refractivity contribution in [3.8, 4) is 0 Å². The van der Waals surface area contributed by atoms with Gasteiger partial charge in [0.25, 0.3) is 10.1 Å². The van der Waals surface area contributed by atoms with Crippen LogP contribution >= 0.6 is 0 Å². The van der Waals surface area contributed by atoms with E-state index >= 15 is 0 Å². The molecule has 5 heteroatoms. The lowest BCUT2D eigenvalue weighted by atomic mass is 9.85. The van der Waals surface area contributed by atoms with Crippen LogP contribution in [0.3, 0.4) is 0 Å². The van der Waals surface area contributed by atoms with Gasteiger partial charge in [0.05, 0.1) is 6.26 Å². The number of piperidine rings is 1. The van der Waals surface area contributed by atoms with Gasteiger partial charge in [-0.15, -0.1) is 0 Å². The highest BCUT2D eigenvalue weighted by Crippen LogP contribution is 2.38. The quantitative estimate of drug-likeness (QED) is 0.824. The standard InChI is InChI=1S/C15H21N.CH4O3S/c1-2-4-15-13(3-1)5-6-14(15)11-12-7-9-16-10-8-12;1-5(2,3)4/h1-4,12,14,16H,5-11H2;1H3,(H,2,3,4). The number of rotatable bonds is 2. The number of benzene rings is 1. The second-order valence-corrected chi connectivity index (χ2v) is 7.56. The Bertz CT molecular complexity index is 542. The summed E-state index contributed by atoms with van der Waals surface area (Å²) in [6.07, 6.45) is 7.62. The molecular weight excluding hydrogens is 286 g/mol. The van der Waals surface area contributed by atoms with Gasteiger partial charge in [0.1, 0.15) is 0 Å². The Labute approximate surface area is 127 Å². The molecule has 2 N–H and O–H groups in total. The molecule has 2 aliphatic rings. The van der Waals surface area contributed by atoms with E-state index in [-0.39, 0.29) is 0 Å². The van der Waals surface area contributed by atoms with Crippen molar-refractivity contribution in [1.29, 1.82) is 0 Å². The molecule has 1 aromatic carbocycles. The Morgan fingerprint density at radius 3 is 2.48 bits per heavy atom. The van der Waals surface area contributed by atoms with Crippen LogP contribution < -0.4 is 5.32 Å². The maximum atomic E-state index is 9.19. The first-order valence-electron chi connectivity index (χ1n) is 7.64. The van der Waals surface area contributed by atoms with Crippen LogP contribution in [-0.2, 0) is 16.5 Å². The average molecular weight is 311 g/mol. The molecule has 1 fully saturated rings.